The van der Waals surface area contributed by atoms with Gasteiger partial charge in [-0.1, -0.05) is 29.8 Å². The van der Waals surface area contributed by atoms with Gasteiger partial charge < -0.3 is 14.8 Å². The number of cyclic esters (lactones) is 1. The average molecular weight is 464 g/mol. The molecular formula is C26H25NO5S. The number of aryl methyl sites for hydroxylation is 2. The van der Waals surface area contributed by atoms with Crippen LogP contribution in [0.5, 0.6) is 0 Å². The van der Waals surface area contributed by atoms with Gasteiger partial charge in [0.1, 0.15) is 11.1 Å². The Morgan fingerprint density at radius 1 is 1.12 bits per heavy atom. The van der Waals surface area contributed by atoms with Crippen LogP contribution in [0, 0.1) is 20.8 Å². The summed E-state index contributed by atoms with van der Waals surface area (Å²) in [6, 6.07) is 12.8. The van der Waals surface area contributed by atoms with Crippen LogP contribution in [0.2, 0.25) is 0 Å². The molecule has 0 fully saturated rings. The maximum atomic E-state index is 13.1. The highest BCUT2D eigenvalue weighted by Gasteiger charge is 2.29. The number of carbonyl (C=O) groups excluding carboxylic acids is 3. The summed E-state index contributed by atoms with van der Waals surface area (Å²) in [5, 5.41) is 3.32. The number of fused-ring (bicyclic) bond motifs is 1. The molecule has 0 saturated carbocycles. The summed E-state index contributed by atoms with van der Waals surface area (Å²) in [5.41, 5.74) is 4.85. The molecule has 2 heterocycles. The van der Waals surface area contributed by atoms with Crippen molar-refractivity contribution in [2.75, 3.05) is 11.9 Å². The number of esters is 2. The number of hydrogen-bond acceptors (Lipinski definition) is 6. The lowest BCUT2D eigenvalue weighted by molar-refractivity contribution is 0.0252. The summed E-state index contributed by atoms with van der Waals surface area (Å²) >= 11 is 1.34. The topological polar surface area (TPSA) is 81.7 Å². The Labute approximate surface area is 196 Å². The van der Waals surface area contributed by atoms with Crippen molar-refractivity contribution in [1.29, 1.82) is 0 Å². The van der Waals surface area contributed by atoms with Crippen LogP contribution < -0.4 is 5.32 Å². The van der Waals surface area contributed by atoms with Crippen molar-refractivity contribution in [2.24, 2.45) is 0 Å². The SMILES string of the molecule is CCOC(=O)c1c(NC(=O)c2ccc3c(c2)CC(c2ccc(C)cc2)OC3=O)sc(C)c1C. The van der Waals surface area contributed by atoms with Crippen molar-refractivity contribution in [2.45, 2.75) is 40.2 Å². The maximum Gasteiger partial charge on any atom is 0.341 e. The summed E-state index contributed by atoms with van der Waals surface area (Å²) in [7, 11) is 0. The molecular weight excluding hydrogens is 438 g/mol. The van der Waals surface area contributed by atoms with Crippen LogP contribution in [0.3, 0.4) is 0 Å². The fraction of sp³-hybridized carbons (Fsp3) is 0.269. The zero-order valence-electron chi connectivity index (χ0n) is 19.0. The molecule has 0 aliphatic carbocycles. The predicted molar refractivity (Wildman–Crippen MR) is 127 cm³/mol. The largest absolute Gasteiger partial charge is 0.462 e. The average Bonchev–Trinajstić information content (AvgIpc) is 3.06. The van der Waals surface area contributed by atoms with Gasteiger partial charge in [0.2, 0.25) is 0 Å². The number of amides is 1. The number of benzene rings is 2. The van der Waals surface area contributed by atoms with Gasteiger partial charge in [-0.3, -0.25) is 4.79 Å². The fourth-order valence-corrected chi connectivity index (χ4v) is 4.89. The zero-order chi connectivity index (χ0) is 23.7. The molecule has 33 heavy (non-hydrogen) atoms. The molecule has 6 nitrogen and oxygen atoms in total. The monoisotopic (exact) mass is 463 g/mol. The molecule has 0 bridgehead atoms. The molecule has 1 aromatic heterocycles. The molecule has 1 unspecified atom stereocenters. The minimum absolute atomic E-state index is 0.254. The first-order chi connectivity index (χ1) is 15.8. The summed E-state index contributed by atoms with van der Waals surface area (Å²) < 4.78 is 10.8. The molecule has 0 radical (unpaired) electrons. The third-order valence-corrected chi connectivity index (χ3v) is 6.91. The summed E-state index contributed by atoms with van der Waals surface area (Å²) in [5.74, 6) is -1.21. The Bertz CT molecular complexity index is 1240. The zero-order valence-corrected chi connectivity index (χ0v) is 19.8. The molecule has 0 saturated heterocycles. The van der Waals surface area contributed by atoms with Gasteiger partial charge in [0, 0.05) is 16.9 Å². The fourth-order valence-electron chi connectivity index (χ4n) is 3.84. The highest BCUT2D eigenvalue weighted by Crippen LogP contribution is 2.34. The second-order valence-corrected chi connectivity index (χ2v) is 9.27. The Hall–Kier alpha value is -3.45. The second-order valence-electron chi connectivity index (χ2n) is 8.04. The number of hydrogen-bond donors (Lipinski definition) is 1. The van der Waals surface area contributed by atoms with Crippen LogP contribution in [0.1, 0.15) is 71.2 Å². The van der Waals surface area contributed by atoms with Gasteiger partial charge >= 0.3 is 11.9 Å². The molecule has 2 aromatic carbocycles. The van der Waals surface area contributed by atoms with E-state index in [-0.39, 0.29) is 12.5 Å². The summed E-state index contributed by atoms with van der Waals surface area (Å²) in [6.45, 7) is 7.73. The first kappa shape index (κ1) is 22.7. The maximum absolute atomic E-state index is 13.1. The molecule has 4 rings (SSSR count). The Morgan fingerprint density at radius 3 is 2.55 bits per heavy atom. The second kappa shape index (κ2) is 9.19. The molecule has 1 aliphatic heterocycles. The van der Waals surface area contributed by atoms with Crippen LogP contribution in [0.15, 0.2) is 42.5 Å². The minimum Gasteiger partial charge on any atom is -0.462 e. The molecule has 1 aliphatic rings. The van der Waals surface area contributed by atoms with Crippen molar-refractivity contribution in [3.05, 3.63) is 86.3 Å². The lowest BCUT2D eigenvalue weighted by atomic mass is 9.92. The van der Waals surface area contributed by atoms with Crippen LogP contribution >= 0.6 is 11.3 Å². The van der Waals surface area contributed by atoms with Crippen molar-refractivity contribution in [1.82, 2.24) is 0 Å². The minimum atomic E-state index is -0.455. The lowest BCUT2D eigenvalue weighted by Gasteiger charge is -2.25. The third kappa shape index (κ3) is 4.54. The van der Waals surface area contributed by atoms with E-state index >= 15 is 0 Å². The molecule has 0 spiro atoms. The van der Waals surface area contributed by atoms with Crippen LogP contribution in [0.25, 0.3) is 0 Å². The molecule has 1 atom stereocenters. The van der Waals surface area contributed by atoms with E-state index in [0.717, 1.165) is 27.1 Å². The van der Waals surface area contributed by atoms with Crippen LogP contribution in [0.4, 0.5) is 5.00 Å². The van der Waals surface area contributed by atoms with Gasteiger partial charge in [-0.15, -0.1) is 11.3 Å². The summed E-state index contributed by atoms with van der Waals surface area (Å²) in [4.78, 5) is 39.0. The molecule has 1 amide bonds. The van der Waals surface area contributed by atoms with Crippen LogP contribution in [-0.4, -0.2) is 24.5 Å². The molecule has 3 aromatic rings. The van der Waals surface area contributed by atoms with E-state index in [4.69, 9.17) is 9.47 Å². The summed E-state index contributed by atoms with van der Waals surface area (Å²) in [6.07, 6.45) is 0.0817. The van der Waals surface area contributed by atoms with Crippen molar-refractivity contribution in [3.8, 4) is 0 Å². The number of anilines is 1. The van der Waals surface area contributed by atoms with Gasteiger partial charge in [-0.25, -0.2) is 9.59 Å². The standard InChI is InChI=1S/C26H25NO5S/c1-5-31-26(30)22-15(3)16(4)33-24(22)27-23(28)18-10-11-20-19(12-18)13-21(32-25(20)29)17-8-6-14(2)7-9-17/h6-12,21H,5,13H2,1-4H3,(H,27,28). The number of thiophene rings is 1. The predicted octanol–water partition coefficient (Wildman–Crippen LogP) is 5.56. The number of rotatable bonds is 5. The Morgan fingerprint density at radius 2 is 1.85 bits per heavy atom. The van der Waals surface area contributed by atoms with E-state index < -0.39 is 18.0 Å². The van der Waals surface area contributed by atoms with E-state index in [2.05, 4.69) is 5.32 Å². The lowest BCUT2D eigenvalue weighted by Crippen LogP contribution is -2.23. The Kier molecular flexibility index (Phi) is 6.33. The first-order valence-electron chi connectivity index (χ1n) is 10.8. The number of ether oxygens (including phenoxy) is 2. The van der Waals surface area contributed by atoms with Gasteiger partial charge in [0.25, 0.3) is 5.91 Å². The Balaban J connectivity index is 1.60. The number of carbonyl (C=O) groups is 3. The smallest absolute Gasteiger partial charge is 0.341 e. The van der Waals surface area contributed by atoms with Crippen molar-refractivity contribution < 1.29 is 23.9 Å². The van der Waals surface area contributed by atoms with E-state index in [1.807, 2.05) is 45.0 Å². The highest BCUT2D eigenvalue weighted by atomic mass is 32.1. The molecule has 7 heteroatoms. The van der Waals surface area contributed by atoms with Crippen LogP contribution in [-0.2, 0) is 15.9 Å². The molecule has 170 valence electrons. The van der Waals surface area contributed by atoms with Gasteiger partial charge in [0.05, 0.1) is 17.7 Å². The quantitative estimate of drug-likeness (QED) is 0.501. The van der Waals surface area contributed by atoms with Gasteiger partial charge in [-0.05, 0) is 62.6 Å². The van der Waals surface area contributed by atoms with Crippen molar-refractivity contribution >= 4 is 34.2 Å². The third-order valence-electron chi connectivity index (χ3n) is 5.78. The van der Waals surface area contributed by atoms with E-state index in [0.29, 0.717) is 28.1 Å². The highest BCUT2D eigenvalue weighted by molar-refractivity contribution is 7.16. The molecule has 1 N–H and O–H groups in total. The van der Waals surface area contributed by atoms with Gasteiger partial charge in [-0.2, -0.15) is 0 Å². The van der Waals surface area contributed by atoms with E-state index in [1.165, 1.54) is 11.3 Å². The van der Waals surface area contributed by atoms with E-state index in [9.17, 15) is 14.4 Å². The van der Waals surface area contributed by atoms with E-state index in [1.54, 1.807) is 25.1 Å². The van der Waals surface area contributed by atoms with Gasteiger partial charge in [0.15, 0.2) is 0 Å². The normalized spacial score (nSPS) is 14.9. The number of nitrogens with one attached hydrogen (secondary N) is 1. The first-order valence-corrected chi connectivity index (χ1v) is 11.6. The van der Waals surface area contributed by atoms with Crippen molar-refractivity contribution in [3.63, 3.8) is 0 Å².